The second kappa shape index (κ2) is 5.53. The van der Waals surface area contributed by atoms with Crippen molar-refractivity contribution in [2.75, 3.05) is 20.6 Å². The van der Waals surface area contributed by atoms with Gasteiger partial charge < -0.3 is 15.3 Å². The molecule has 5 heteroatoms. The van der Waals surface area contributed by atoms with E-state index in [4.69, 9.17) is 5.11 Å². The summed E-state index contributed by atoms with van der Waals surface area (Å²) < 4.78 is 0. The van der Waals surface area contributed by atoms with E-state index >= 15 is 0 Å². The highest BCUT2D eigenvalue weighted by Crippen LogP contribution is 1.90. The van der Waals surface area contributed by atoms with Gasteiger partial charge in [0, 0.05) is 6.04 Å². The summed E-state index contributed by atoms with van der Waals surface area (Å²) >= 11 is 0. The lowest BCUT2D eigenvalue weighted by molar-refractivity contribution is -0.137. The van der Waals surface area contributed by atoms with Crippen LogP contribution < -0.4 is 5.32 Å². The minimum absolute atomic E-state index is 0.0425. The molecule has 0 aliphatic carbocycles. The van der Waals surface area contributed by atoms with Gasteiger partial charge in [-0.2, -0.15) is 0 Å². The molecule has 76 valence electrons. The molecule has 0 aromatic rings. The van der Waals surface area contributed by atoms with Gasteiger partial charge in [-0.25, -0.2) is 0 Å². The number of carboxylic acids is 1. The highest BCUT2D eigenvalue weighted by Gasteiger charge is 2.10. The minimum Gasteiger partial charge on any atom is -0.481 e. The molecule has 0 aliphatic heterocycles. The van der Waals surface area contributed by atoms with E-state index in [-0.39, 0.29) is 24.9 Å². The first-order valence-electron chi connectivity index (χ1n) is 4.07. The number of amides is 1. The zero-order valence-electron chi connectivity index (χ0n) is 8.20. The lowest BCUT2D eigenvalue weighted by atomic mass is 10.2. The Morgan fingerprint density at radius 2 is 2.00 bits per heavy atom. The van der Waals surface area contributed by atoms with Crippen molar-refractivity contribution in [3.05, 3.63) is 0 Å². The van der Waals surface area contributed by atoms with Crippen molar-refractivity contribution >= 4 is 11.9 Å². The molecule has 0 aliphatic rings. The van der Waals surface area contributed by atoms with Crippen LogP contribution in [0.2, 0.25) is 0 Å². The molecule has 0 heterocycles. The van der Waals surface area contributed by atoms with Crippen LogP contribution in [0.5, 0.6) is 0 Å². The molecule has 0 saturated carbocycles. The van der Waals surface area contributed by atoms with Crippen molar-refractivity contribution in [2.45, 2.75) is 19.4 Å². The lowest BCUT2D eigenvalue weighted by Gasteiger charge is -2.14. The van der Waals surface area contributed by atoms with E-state index in [2.05, 4.69) is 5.32 Å². The Kier molecular flexibility index (Phi) is 5.06. The van der Waals surface area contributed by atoms with Crippen LogP contribution in [0.25, 0.3) is 0 Å². The molecule has 2 N–H and O–H groups in total. The van der Waals surface area contributed by atoms with Gasteiger partial charge in [-0.1, -0.05) is 0 Å². The average Bonchev–Trinajstić information content (AvgIpc) is 1.80. The molecule has 0 radical (unpaired) electrons. The summed E-state index contributed by atoms with van der Waals surface area (Å²) in [6, 6.07) is -0.315. The fourth-order valence-electron chi connectivity index (χ4n) is 0.921. The van der Waals surface area contributed by atoms with Crippen LogP contribution in [-0.2, 0) is 9.59 Å². The van der Waals surface area contributed by atoms with Gasteiger partial charge in [0.1, 0.15) is 0 Å². The largest absolute Gasteiger partial charge is 0.481 e. The predicted molar refractivity (Wildman–Crippen MR) is 48.4 cm³/mol. The zero-order chi connectivity index (χ0) is 10.4. The van der Waals surface area contributed by atoms with Crippen molar-refractivity contribution in [1.82, 2.24) is 10.2 Å². The Morgan fingerprint density at radius 1 is 1.46 bits per heavy atom. The molecule has 1 atom stereocenters. The molecule has 0 saturated heterocycles. The summed E-state index contributed by atoms with van der Waals surface area (Å²) in [5.41, 5.74) is 0. The first-order valence-corrected chi connectivity index (χ1v) is 4.07. The van der Waals surface area contributed by atoms with Crippen molar-refractivity contribution in [1.29, 1.82) is 0 Å². The third kappa shape index (κ3) is 7.27. The van der Waals surface area contributed by atoms with Crippen LogP contribution in [0.4, 0.5) is 0 Å². The van der Waals surface area contributed by atoms with Crippen molar-refractivity contribution in [2.24, 2.45) is 0 Å². The molecule has 1 unspecified atom stereocenters. The van der Waals surface area contributed by atoms with E-state index in [0.29, 0.717) is 0 Å². The second-order valence-corrected chi connectivity index (χ2v) is 3.30. The number of hydrogen-bond donors (Lipinski definition) is 2. The van der Waals surface area contributed by atoms with E-state index in [1.165, 1.54) is 0 Å². The van der Waals surface area contributed by atoms with Gasteiger partial charge in [-0.3, -0.25) is 9.59 Å². The first kappa shape index (κ1) is 11.9. The quantitative estimate of drug-likeness (QED) is 0.612. The summed E-state index contributed by atoms with van der Waals surface area (Å²) in [6.45, 7) is 1.95. The van der Waals surface area contributed by atoms with Crippen LogP contribution in [-0.4, -0.2) is 48.6 Å². The molecule has 0 aromatic carbocycles. The highest BCUT2D eigenvalue weighted by molar-refractivity contribution is 5.79. The van der Waals surface area contributed by atoms with E-state index < -0.39 is 5.97 Å². The van der Waals surface area contributed by atoms with Crippen LogP contribution in [0.3, 0.4) is 0 Å². The fourth-order valence-corrected chi connectivity index (χ4v) is 0.921. The first-order chi connectivity index (χ1) is 5.91. The molecular formula is C8H16N2O3. The number of carboxylic acid groups (broad SMARTS) is 1. The fraction of sp³-hybridized carbons (Fsp3) is 0.750. The Hall–Kier alpha value is -1.10. The normalized spacial score (nSPS) is 12.6. The molecule has 0 aromatic heterocycles. The Labute approximate surface area is 77.7 Å². The summed E-state index contributed by atoms with van der Waals surface area (Å²) in [6.07, 6.45) is -0.0425. The molecule has 0 bridgehead atoms. The minimum atomic E-state index is -0.905. The van der Waals surface area contributed by atoms with Crippen molar-refractivity contribution in [3.63, 3.8) is 0 Å². The maximum atomic E-state index is 11.1. The summed E-state index contributed by atoms with van der Waals surface area (Å²) in [5, 5.41) is 11.0. The zero-order valence-corrected chi connectivity index (χ0v) is 8.20. The molecule has 13 heavy (non-hydrogen) atoms. The predicted octanol–water partition coefficient (Wildman–Crippen LogP) is -0.473. The number of rotatable bonds is 5. The van der Waals surface area contributed by atoms with Crippen LogP contribution in [0, 0.1) is 0 Å². The Bertz CT molecular complexity index is 192. The lowest BCUT2D eigenvalue weighted by Crippen LogP contribution is -2.39. The van der Waals surface area contributed by atoms with E-state index in [1.807, 2.05) is 0 Å². The number of likely N-dealkylation sites (N-methyl/N-ethyl adjacent to an activating group) is 1. The van der Waals surface area contributed by atoms with Gasteiger partial charge in [0.05, 0.1) is 13.0 Å². The molecule has 0 rings (SSSR count). The van der Waals surface area contributed by atoms with Gasteiger partial charge in [0.15, 0.2) is 0 Å². The molecule has 5 nitrogen and oxygen atoms in total. The van der Waals surface area contributed by atoms with Crippen molar-refractivity contribution in [3.8, 4) is 0 Å². The van der Waals surface area contributed by atoms with Crippen LogP contribution in [0.15, 0.2) is 0 Å². The average molecular weight is 188 g/mol. The summed E-state index contributed by atoms with van der Waals surface area (Å²) in [7, 11) is 3.56. The number of nitrogens with zero attached hydrogens (tertiary/aromatic N) is 1. The highest BCUT2D eigenvalue weighted by atomic mass is 16.4. The van der Waals surface area contributed by atoms with Crippen LogP contribution in [0.1, 0.15) is 13.3 Å². The van der Waals surface area contributed by atoms with E-state index in [0.717, 1.165) is 0 Å². The Balaban J connectivity index is 3.71. The summed E-state index contributed by atoms with van der Waals surface area (Å²) in [4.78, 5) is 23.1. The molecule has 1 amide bonds. The number of aliphatic carboxylic acids is 1. The standard InChI is InChI=1S/C8H16N2O3/c1-6(4-8(12)13)9-7(11)5-10(2)3/h6H,4-5H2,1-3H3,(H,9,11)(H,12,13). The molecular weight excluding hydrogens is 172 g/mol. The SMILES string of the molecule is CC(CC(=O)O)NC(=O)CN(C)C. The smallest absolute Gasteiger partial charge is 0.305 e. The van der Waals surface area contributed by atoms with Crippen LogP contribution >= 0.6 is 0 Å². The topological polar surface area (TPSA) is 69.6 Å². The maximum Gasteiger partial charge on any atom is 0.305 e. The van der Waals surface area contributed by atoms with Crippen molar-refractivity contribution < 1.29 is 14.7 Å². The number of carbonyl (C=O) groups excluding carboxylic acids is 1. The van der Waals surface area contributed by atoms with Gasteiger partial charge in [-0.05, 0) is 21.0 Å². The Morgan fingerprint density at radius 3 is 2.38 bits per heavy atom. The third-order valence-corrected chi connectivity index (χ3v) is 1.35. The van der Waals surface area contributed by atoms with E-state index in [1.54, 1.807) is 25.9 Å². The van der Waals surface area contributed by atoms with Gasteiger partial charge in [0.2, 0.25) is 5.91 Å². The second-order valence-electron chi connectivity index (χ2n) is 3.30. The monoisotopic (exact) mass is 188 g/mol. The number of hydrogen-bond acceptors (Lipinski definition) is 3. The third-order valence-electron chi connectivity index (χ3n) is 1.35. The molecule has 0 spiro atoms. The summed E-state index contributed by atoms with van der Waals surface area (Å²) in [5.74, 6) is -1.06. The van der Waals surface area contributed by atoms with Gasteiger partial charge in [-0.15, -0.1) is 0 Å². The number of nitrogens with one attached hydrogen (secondary N) is 1. The molecule has 0 fully saturated rings. The van der Waals surface area contributed by atoms with Gasteiger partial charge in [0.25, 0.3) is 0 Å². The maximum absolute atomic E-state index is 11.1. The van der Waals surface area contributed by atoms with E-state index in [9.17, 15) is 9.59 Å². The number of carbonyl (C=O) groups is 2. The van der Waals surface area contributed by atoms with Gasteiger partial charge >= 0.3 is 5.97 Å².